The molecule has 5 rings (SSSR count). The SMILES string of the molecule is CCN1CCN(c2cc3c(cc2F)c(=O)c(C(=O)Nc2ccc(Cl)cc2)cn3C2CC2)CC1. The topological polar surface area (TPSA) is 57.6 Å². The Morgan fingerprint density at radius 1 is 1.12 bits per heavy atom. The number of amides is 1. The Balaban J connectivity index is 1.54. The van der Waals surface area contributed by atoms with Crippen LogP contribution in [0.3, 0.4) is 0 Å². The van der Waals surface area contributed by atoms with Gasteiger partial charge in [0.25, 0.3) is 5.91 Å². The number of piperazine rings is 1. The Morgan fingerprint density at radius 3 is 2.45 bits per heavy atom. The summed E-state index contributed by atoms with van der Waals surface area (Å²) in [4.78, 5) is 30.6. The second-order valence-electron chi connectivity index (χ2n) is 8.71. The largest absolute Gasteiger partial charge is 0.367 e. The van der Waals surface area contributed by atoms with E-state index in [0.29, 0.717) is 21.9 Å². The Bertz CT molecular complexity index is 1260. The molecule has 1 saturated heterocycles. The molecule has 1 amide bonds. The molecule has 2 aromatic carbocycles. The summed E-state index contributed by atoms with van der Waals surface area (Å²) in [5.74, 6) is -0.944. The van der Waals surface area contributed by atoms with Gasteiger partial charge in [0.2, 0.25) is 5.43 Å². The zero-order valence-corrected chi connectivity index (χ0v) is 19.2. The molecule has 0 radical (unpaired) electrons. The number of rotatable bonds is 5. The number of nitrogens with one attached hydrogen (secondary N) is 1. The number of carbonyl (C=O) groups excluding carboxylic acids is 1. The molecule has 2 fully saturated rings. The highest BCUT2D eigenvalue weighted by Crippen LogP contribution is 2.38. The first-order chi connectivity index (χ1) is 15.9. The number of aromatic nitrogens is 1. The fraction of sp³-hybridized carbons (Fsp3) is 0.360. The predicted octanol–water partition coefficient (Wildman–Crippen LogP) is 4.52. The standard InChI is InChI=1S/C25H26ClFN4O2/c1-2-29-9-11-30(12-10-29)23-14-22-19(13-21(23)27)24(32)20(15-31(22)18-7-8-18)25(33)28-17-5-3-16(26)4-6-17/h3-6,13-15,18H,2,7-12H2,1H3,(H,28,33). The van der Waals surface area contributed by atoms with Crippen LogP contribution in [0.2, 0.25) is 5.02 Å². The monoisotopic (exact) mass is 468 g/mol. The molecule has 1 saturated carbocycles. The Kier molecular flexibility index (Phi) is 5.85. The van der Waals surface area contributed by atoms with E-state index in [0.717, 1.165) is 45.6 Å². The van der Waals surface area contributed by atoms with Crippen molar-refractivity contribution >= 4 is 39.8 Å². The smallest absolute Gasteiger partial charge is 0.261 e. The fourth-order valence-corrected chi connectivity index (χ4v) is 4.58. The number of hydrogen-bond acceptors (Lipinski definition) is 4. The zero-order valence-electron chi connectivity index (χ0n) is 18.5. The average molecular weight is 469 g/mol. The second-order valence-corrected chi connectivity index (χ2v) is 9.15. The van der Waals surface area contributed by atoms with Gasteiger partial charge < -0.3 is 19.7 Å². The van der Waals surface area contributed by atoms with Crippen molar-refractivity contribution in [2.45, 2.75) is 25.8 Å². The Labute approximate surface area is 196 Å². The number of pyridine rings is 1. The van der Waals surface area contributed by atoms with Gasteiger partial charge >= 0.3 is 0 Å². The number of hydrogen-bond donors (Lipinski definition) is 1. The molecule has 6 nitrogen and oxygen atoms in total. The van der Waals surface area contributed by atoms with Gasteiger partial charge in [0.15, 0.2) is 0 Å². The van der Waals surface area contributed by atoms with Crippen molar-refractivity contribution in [2.24, 2.45) is 0 Å². The van der Waals surface area contributed by atoms with Crippen LogP contribution in [0, 0.1) is 5.82 Å². The Morgan fingerprint density at radius 2 is 1.82 bits per heavy atom. The third-order valence-corrected chi connectivity index (χ3v) is 6.80. The van der Waals surface area contributed by atoms with Crippen molar-refractivity contribution in [3.05, 3.63) is 69.2 Å². The molecule has 0 bridgehead atoms. The van der Waals surface area contributed by atoms with Crippen LogP contribution in [-0.4, -0.2) is 48.1 Å². The van der Waals surface area contributed by atoms with Crippen LogP contribution in [0.15, 0.2) is 47.4 Å². The molecule has 2 aliphatic rings. The minimum Gasteiger partial charge on any atom is -0.367 e. The van der Waals surface area contributed by atoms with Crippen LogP contribution in [-0.2, 0) is 0 Å². The van der Waals surface area contributed by atoms with Crippen LogP contribution in [0.1, 0.15) is 36.2 Å². The van der Waals surface area contributed by atoms with Crippen molar-refractivity contribution in [2.75, 3.05) is 42.9 Å². The molecule has 3 aromatic rings. The van der Waals surface area contributed by atoms with Gasteiger partial charge in [-0.3, -0.25) is 9.59 Å². The normalized spacial score (nSPS) is 16.9. The molecule has 1 aromatic heterocycles. The number of fused-ring (bicyclic) bond motifs is 1. The van der Waals surface area contributed by atoms with Crippen LogP contribution in [0.4, 0.5) is 15.8 Å². The van der Waals surface area contributed by atoms with Crippen LogP contribution >= 0.6 is 11.6 Å². The van der Waals surface area contributed by atoms with E-state index in [1.54, 1.807) is 36.5 Å². The van der Waals surface area contributed by atoms with E-state index in [-0.39, 0.29) is 17.0 Å². The molecule has 172 valence electrons. The predicted molar refractivity (Wildman–Crippen MR) is 130 cm³/mol. The molecule has 1 N–H and O–H groups in total. The first-order valence-corrected chi connectivity index (χ1v) is 11.7. The van der Waals surface area contributed by atoms with E-state index in [1.807, 2.05) is 9.47 Å². The molecule has 33 heavy (non-hydrogen) atoms. The van der Waals surface area contributed by atoms with Crippen LogP contribution in [0.25, 0.3) is 10.9 Å². The molecule has 0 unspecified atom stereocenters. The summed E-state index contributed by atoms with van der Waals surface area (Å²) >= 11 is 5.91. The summed E-state index contributed by atoms with van der Waals surface area (Å²) in [6, 6.07) is 9.97. The highest BCUT2D eigenvalue weighted by atomic mass is 35.5. The van der Waals surface area contributed by atoms with Gasteiger partial charge in [-0.15, -0.1) is 0 Å². The maximum atomic E-state index is 15.2. The van der Waals surface area contributed by atoms with E-state index in [2.05, 4.69) is 17.1 Å². The number of likely N-dealkylation sites (N-methyl/N-ethyl adjacent to an activating group) is 1. The first kappa shape index (κ1) is 21.9. The highest BCUT2D eigenvalue weighted by Gasteiger charge is 2.28. The number of anilines is 2. The Hall–Kier alpha value is -2.90. The van der Waals surface area contributed by atoms with Crippen molar-refractivity contribution in [1.82, 2.24) is 9.47 Å². The molecular weight excluding hydrogens is 443 g/mol. The lowest BCUT2D eigenvalue weighted by molar-refractivity contribution is 0.102. The maximum absolute atomic E-state index is 15.2. The zero-order chi connectivity index (χ0) is 23.1. The van der Waals surface area contributed by atoms with Crippen molar-refractivity contribution in [1.29, 1.82) is 0 Å². The van der Waals surface area contributed by atoms with E-state index in [9.17, 15) is 9.59 Å². The summed E-state index contributed by atoms with van der Waals surface area (Å²) < 4.78 is 17.2. The van der Waals surface area contributed by atoms with Crippen molar-refractivity contribution in [3.8, 4) is 0 Å². The van der Waals surface area contributed by atoms with Gasteiger partial charge in [-0.05, 0) is 55.8 Å². The first-order valence-electron chi connectivity index (χ1n) is 11.4. The summed E-state index contributed by atoms with van der Waals surface area (Å²) in [6.07, 6.45) is 3.57. The molecule has 8 heteroatoms. The van der Waals surface area contributed by atoms with E-state index < -0.39 is 17.2 Å². The van der Waals surface area contributed by atoms with Gasteiger partial charge in [-0.1, -0.05) is 18.5 Å². The third kappa shape index (κ3) is 4.35. The number of halogens is 2. The summed E-state index contributed by atoms with van der Waals surface area (Å²) in [7, 11) is 0. The minimum absolute atomic E-state index is 0.00746. The van der Waals surface area contributed by atoms with Gasteiger partial charge in [0.05, 0.1) is 11.2 Å². The molecule has 1 aliphatic heterocycles. The molecule has 1 aliphatic carbocycles. The van der Waals surface area contributed by atoms with Gasteiger partial charge in [-0.2, -0.15) is 0 Å². The van der Waals surface area contributed by atoms with E-state index in [4.69, 9.17) is 11.6 Å². The lowest BCUT2D eigenvalue weighted by Gasteiger charge is -2.35. The van der Waals surface area contributed by atoms with Crippen LogP contribution < -0.4 is 15.6 Å². The van der Waals surface area contributed by atoms with Crippen molar-refractivity contribution in [3.63, 3.8) is 0 Å². The quantitative estimate of drug-likeness (QED) is 0.598. The fourth-order valence-electron chi connectivity index (χ4n) is 4.45. The summed E-state index contributed by atoms with van der Waals surface area (Å²) in [6.45, 7) is 6.36. The summed E-state index contributed by atoms with van der Waals surface area (Å²) in [5.41, 5.74) is 1.28. The molecular formula is C25H26ClFN4O2. The number of nitrogens with zero attached hydrogens (tertiary/aromatic N) is 3. The molecule has 2 heterocycles. The summed E-state index contributed by atoms with van der Waals surface area (Å²) in [5, 5.41) is 3.54. The number of carbonyl (C=O) groups is 1. The van der Waals surface area contributed by atoms with E-state index >= 15 is 4.39 Å². The second kappa shape index (κ2) is 8.80. The van der Waals surface area contributed by atoms with E-state index in [1.165, 1.54) is 6.07 Å². The number of benzene rings is 2. The maximum Gasteiger partial charge on any atom is 0.261 e. The average Bonchev–Trinajstić information content (AvgIpc) is 3.66. The highest BCUT2D eigenvalue weighted by molar-refractivity contribution is 6.30. The molecule has 0 spiro atoms. The van der Waals surface area contributed by atoms with Gasteiger partial charge in [0.1, 0.15) is 11.4 Å². The molecule has 0 atom stereocenters. The van der Waals surface area contributed by atoms with Gasteiger partial charge in [-0.25, -0.2) is 4.39 Å². The lowest BCUT2D eigenvalue weighted by Crippen LogP contribution is -2.46. The lowest BCUT2D eigenvalue weighted by atomic mass is 10.1. The van der Waals surface area contributed by atoms with Crippen molar-refractivity contribution < 1.29 is 9.18 Å². The van der Waals surface area contributed by atoms with Gasteiger partial charge in [0, 0.05) is 54.5 Å². The minimum atomic E-state index is -0.515. The van der Waals surface area contributed by atoms with Crippen LogP contribution in [0.5, 0.6) is 0 Å². The third-order valence-electron chi connectivity index (χ3n) is 6.55.